The van der Waals surface area contributed by atoms with E-state index < -0.39 is 11.2 Å². The molecule has 0 unspecified atom stereocenters. The van der Waals surface area contributed by atoms with E-state index in [-0.39, 0.29) is 5.91 Å². The third-order valence-electron chi connectivity index (χ3n) is 4.55. The van der Waals surface area contributed by atoms with E-state index in [1.165, 1.54) is 0 Å². The van der Waals surface area contributed by atoms with E-state index in [4.69, 9.17) is 21.1 Å². The second-order valence-electron chi connectivity index (χ2n) is 5.69. The smallest absolute Gasteiger partial charge is 0.245 e. The van der Waals surface area contributed by atoms with Crippen molar-refractivity contribution in [2.75, 3.05) is 21.3 Å². The van der Waals surface area contributed by atoms with Crippen molar-refractivity contribution >= 4 is 23.2 Å². The van der Waals surface area contributed by atoms with Gasteiger partial charge in [-0.25, -0.2) is 10.4 Å². The largest absolute Gasteiger partial charge is 0.353 e. The van der Waals surface area contributed by atoms with Crippen LogP contribution in [0.1, 0.15) is 18.4 Å². The normalized spacial score (nSPS) is 18.6. The van der Waals surface area contributed by atoms with Crippen LogP contribution < -0.4 is 10.9 Å². The molecule has 0 saturated heterocycles. The lowest BCUT2D eigenvalue weighted by Crippen LogP contribution is -2.64. The van der Waals surface area contributed by atoms with Crippen LogP contribution in [0.3, 0.4) is 0 Å². The number of rotatable bonds is 5. The number of carbonyl (C=O) groups excluding carboxylic acids is 1. The van der Waals surface area contributed by atoms with Crippen molar-refractivity contribution in [3.63, 3.8) is 0 Å². The van der Waals surface area contributed by atoms with Gasteiger partial charge in [0.1, 0.15) is 0 Å². The van der Waals surface area contributed by atoms with Gasteiger partial charge in [0.15, 0.2) is 11.4 Å². The van der Waals surface area contributed by atoms with Crippen LogP contribution in [-0.2, 0) is 19.7 Å². The Hall–Kier alpha value is -1.67. The number of hydrogen-bond donors (Lipinski definition) is 2. The maximum absolute atomic E-state index is 12.7. The first-order valence-electron chi connectivity index (χ1n) is 7.20. The average Bonchev–Trinajstić information content (AvgIpc) is 2.97. The Labute approximate surface area is 138 Å². The number of fused-ring (bicyclic) bond motifs is 1. The zero-order chi connectivity index (χ0) is 16.7. The standard InChI is InChI=1S/C15H19ClN4O3/c1-17-19-13(21)14(8-15(9-14,22-2)23-3)10-6-11(16)12-18-4-5-20(12)7-10/h4-7,17H,8-9H2,1-3H3,(H,19,21). The molecular formula is C15H19ClN4O3. The molecule has 0 atom stereocenters. The van der Waals surface area contributed by atoms with Crippen LogP contribution in [0.5, 0.6) is 0 Å². The minimum atomic E-state index is -0.781. The van der Waals surface area contributed by atoms with Crippen LogP contribution in [0, 0.1) is 0 Å². The minimum absolute atomic E-state index is 0.153. The van der Waals surface area contributed by atoms with Crippen LogP contribution in [0.4, 0.5) is 0 Å². The molecule has 23 heavy (non-hydrogen) atoms. The van der Waals surface area contributed by atoms with E-state index in [0.717, 1.165) is 5.56 Å². The fraction of sp³-hybridized carbons (Fsp3) is 0.467. The Morgan fingerprint density at radius 3 is 2.70 bits per heavy atom. The van der Waals surface area contributed by atoms with Gasteiger partial charge in [0.05, 0.1) is 10.4 Å². The predicted octanol–water partition coefficient (Wildman–Crippen LogP) is 1.26. The van der Waals surface area contributed by atoms with Gasteiger partial charge in [0.2, 0.25) is 5.91 Å². The Kier molecular flexibility index (Phi) is 4.05. The summed E-state index contributed by atoms with van der Waals surface area (Å²) in [6.07, 6.45) is 6.14. The first-order chi connectivity index (χ1) is 11.0. The number of methoxy groups -OCH3 is 2. The number of amides is 1. The van der Waals surface area contributed by atoms with Crippen molar-refractivity contribution in [3.05, 3.63) is 35.2 Å². The molecule has 2 heterocycles. The fourth-order valence-electron chi connectivity index (χ4n) is 3.22. The third kappa shape index (κ3) is 2.40. The molecule has 1 fully saturated rings. The van der Waals surface area contributed by atoms with E-state index in [1.54, 1.807) is 39.7 Å². The molecule has 0 aliphatic heterocycles. The monoisotopic (exact) mass is 338 g/mol. The summed E-state index contributed by atoms with van der Waals surface area (Å²) in [7, 11) is 4.81. The van der Waals surface area contributed by atoms with Gasteiger partial charge in [-0.15, -0.1) is 0 Å². The molecule has 3 rings (SSSR count). The fourth-order valence-corrected chi connectivity index (χ4v) is 3.48. The number of hydrazine groups is 1. The van der Waals surface area contributed by atoms with Gasteiger partial charge in [0, 0.05) is 52.7 Å². The van der Waals surface area contributed by atoms with E-state index in [2.05, 4.69) is 15.8 Å². The van der Waals surface area contributed by atoms with Crippen molar-refractivity contribution in [3.8, 4) is 0 Å². The zero-order valence-electron chi connectivity index (χ0n) is 13.2. The number of aromatic nitrogens is 2. The van der Waals surface area contributed by atoms with Crippen molar-refractivity contribution in [1.82, 2.24) is 20.2 Å². The molecule has 1 aliphatic rings. The number of carbonyl (C=O) groups is 1. The van der Waals surface area contributed by atoms with Crippen LogP contribution in [0.25, 0.3) is 5.65 Å². The summed E-state index contributed by atoms with van der Waals surface area (Å²) >= 11 is 6.32. The van der Waals surface area contributed by atoms with Crippen molar-refractivity contribution in [1.29, 1.82) is 0 Å². The minimum Gasteiger partial charge on any atom is -0.353 e. The first kappa shape index (κ1) is 16.2. The highest BCUT2D eigenvalue weighted by molar-refractivity contribution is 6.33. The first-order valence-corrected chi connectivity index (χ1v) is 7.58. The van der Waals surface area contributed by atoms with E-state index >= 15 is 0 Å². The molecule has 0 bridgehead atoms. The van der Waals surface area contributed by atoms with Crippen molar-refractivity contribution < 1.29 is 14.3 Å². The van der Waals surface area contributed by atoms with Crippen LogP contribution in [0.2, 0.25) is 5.02 Å². The number of halogens is 1. The lowest BCUT2D eigenvalue weighted by atomic mass is 9.60. The van der Waals surface area contributed by atoms with Crippen LogP contribution >= 0.6 is 11.6 Å². The Morgan fingerprint density at radius 1 is 1.39 bits per heavy atom. The zero-order valence-corrected chi connectivity index (χ0v) is 14.0. The van der Waals surface area contributed by atoms with E-state index in [9.17, 15) is 4.79 Å². The Balaban J connectivity index is 2.06. The highest BCUT2D eigenvalue weighted by Crippen LogP contribution is 2.53. The summed E-state index contributed by atoms with van der Waals surface area (Å²) in [5, 5.41) is 0.497. The number of pyridine rings is 1. The van der Waals surface area contributed by atoms with Gasteiger partial charge < -0.3 is 13.9 Å². The molecule has 124 valence electrons. The van der Waals surface area contributed by atoms with E-state index in [1.807, 2.05) is 10.6 Å². The maximum atomic E-state index is 12.7. The lowest BCUT2D eigenvalue weighted by Gasteiger charge is -2.52. The number of nitrogens with zero attached hydrogens (tertiary/aromatic N) is 2. The van der Waals surface area contributed by atoms with Gasteiger partial charge in [-0.3, -0.25) is 10.2 Å². The average molecular weight is 339 g/mol. The summed E-state index contributed by atoms with van der Waals surface area (Å²) in [4.78, 5) is 16.9. The summed E-state index contributed by atoms with van der Waals surface area (Å²) in [5.74, 6) is -0.915. The molecule has 8 heteroatoms. The molecule has 1 amide bonds. The number of nitrogens with one attached hydrogen (secondary N) is 2. The summed E-state index contributed by atoms with van der Waals surface area (Å²) in [5.41, 5.74) is 6.03. The highest BCUT2D eigenvalue weighted by atomic mass is 35.5. The Bertz CT molecular complexity index is 733. The van der Waals surface area contributed by atoms with Crippen molar-refractivity contribution in [2.24, 2.45) is 0 Å². The Morgan fingerprint density at radius 2 is 2.09 bits per heavy atom. The summed E-state index contributed by atoms with van der Waals surface area (Å²) in [6.45, 7) is 0. The third-order valence-corrected chi connectivity index (χ3v) is 4.83. The van der Waals surface area contributed by atoms with Crippen LogP contribution in [0.15, 0.2) is 24.7 Å². The molecule has 1 saturated carbocycles. The summed E-state index contributed by atoms with van der Waals surface area (Å²) in [6, 6.07) is 1.79. The van der Waals surface area contributed by atoms with Gasteiger partial charge in [-0.1, -0.05) is 11.6 Å². The predicted molar refractivity (Wildman–Crippen MR) is 85.1 cm³/mol. The number of imidazole rings is 1. The van der Waals surface area contributed by atoms with Gasteiger partial charge in [0.25, 0.3) is 0 Å². The molecule has 0 aromatic carbocycles. The topological polar surface area (TPSA) is 76.9 Å². The molecule has 2 aromatic rings. The van der Waals surface area contributed by atoms with Gasteiger partial charge in [-0.2, -0.15) is 0 Å². The second-order valence-corrected chi connectivity index (χ2v) is 6.10. The van der Waals surface area contributed by atoms with E-state index in [0.29, 0.717) is 23.5 Å². The second kappa shape index (κ2) is 5.76. The maximum Gasteiger partial charge on any atom is 0.245 e. The number of ether oxygens (including phenoxy) is 2. The van der Waals surface area contributed by atoms with Gasteiger partial charge in [-0.05, 0) is 11.6 Å². The molecule has 7 nitrogen and oxygen atoms in total. The van der Waals surface area contributed by atoms with Gasteiger partial charge >= 0.3 is 0 Å². The highest BCUT2D eigenvalue weighted by Gasteiger charge is 2.61. The lowest BCUT2D eigenvalue weighted by molar-refractivity contribution is -0.274. The quantitative estimate of drug-likeness (QED) is 0.634. The molecular weight excluding hydrogens is 320 g/mol. The SMILES string of the molecule is CNNC(=O)C1(c2cc(Cl)c3nccn3c2)CC(OC)(OC)C1. The molecule has 2 aromatic heterocycles. The molecule has 2 N–H and O–H groups in total. The molecule has 0 radical (unpaired) electrons. The van der Waals surface area contributed by atoms with Crippen molar-refractivity contribution in [2.45, 2.75) is 24.0 Å². The molecule has 0 spiro atoms. The number of hydrogen-bond acceptors (Lipinski definition) is 5. The summed E-state index contributed by atoms with van der Waals surface area (Å²) < 4.78 is 12.7. The van der Waals surface area contributed by atoms with Crippen LogP contribution in [-0.4, -0.2) is 42.3 Å². The molecule has 1 aliphatic carbocycles.